The second-order valence-electron chi connectivity index (χ2n) is 6.46. The fourth-order valence-corrected chi connectivity index (χ4v) is 4.17. The van der Waals surface area contributed by atoms with Gasteiger partial charge in [-0.25, -0.2) is 4.52 Å². The fraction of sp³-hybridized carbons (Fsp3) is 0.211. The average Bonchev–Trinajstić information content (AvgIpc) is 3.14. The first-order valence-corrected chi connectivity index (χ1v) is 10.3. The van der Waals surface area contributed by atoms with Crippen molar-refractivity contribution in [3.63, 3.8) is 0 Å². The Bertz CT molecular complexity index is 1320. The Hall–Kier alpha value is -3.78. The molecule has 0 fully saturated rings. The summed E-state index contributed by atoms with van der Waals surface area (Å²) in [6.07, 6.45) is 3.58. The summed E-state index contributed by atoms with van der Waals surface area (Å²) in [7, 11) is -2.85. The van der Waals surface area contributed by atoms with Gasteiger partial charge in [-0.2, -0.15) is 28.3 Å². The minimum absolute atomic E-state index is 0.190. The predicted molar refractivity (Wildman–Crippen MR) is 110 cm³/mol. The van der Waals surface area contributed by atoms with E-state index in [1.165, 1.54) is 19.2 Å². The normalized spacial score (nSPS) is 12.0. The number of aryl methyl sites for hydroxylation is 1. The zero-order valence-corrected chi connectivity index (χ0v) is 17.3. The Morgan fingerprint density at radius 2 is 2.10 bits per heavy atom. The van der Waals surface area contributed by atoms with Crippen LogP contribution in [0.15, 0.2) is 52.7 Å². The van der Waals surface area contributed by atoms with E-state index in [4.69, 9.17) is 5.26 Å². The molecule has 154 valence electrons. The summed E-state index contributed by atoms with van der Waals surface area (Å²) in [5, 5.41) is 28.7. The summed E-state index contributed by atoms with van der Waals surface area (Å²) in [6, 6.07) is 8.99. The zero-order valence-electron chi connectivity index (χ0n) is 16.5. The molecule has 0 aliphatic carbocycles. The highest BCUT2D eigenvalue weighted by molar-refractivity contribution is 7.89. The molecule has 0 saturated heterocycles. The molecule has 0 aliphatic heterocycles. The van der Waals surface area contributed by atoms with Crippen LogP contribution < -0.4 is 0 Å². The predicted octanol–water partition coefficient (Wildman–Crippen LogP) is 2.86. The summed E-state index contributed by atoms with van der Waals surface area (Å²) < 4.78 is 28.5. The van der Waals surface area contributed by atoms with Crippen LogP contribution in [0.2, 0.25) is 0 Å². The molecule has 0 atom stereocenters. The molecule has 0 spiro atoms. The minimum atomic E-state index is -4.13. The molecule has 0 unspecified atom stereocenters. The molecule has 10 nitrogen and oxygen atoms in total. The van der Waals surface area contributed by atoms with Gasteiger partial charge >= 0.3 is 0 Å². The molecular weight excluding hydrogens is 408 g/mol. The number of aromatic nitrogens is 2. The molecule has 1 aromatic carbocycles. The van der Waals surface area contributed by atoms with Gasteiger partial charge in [0.05, 0.1) is 38.9 Å². The van der Waals surface area contributed by atoms with Crippen molar-refractivity contribution in [2.24, 2.45) is 5.10 Å². The molecule has 0 bridgehead atoms. The van der Waals surface area contributed by atoms with Gasteiger partial charge in [-0.1, -0.05) is 13.0 Å². The second kappa shape index (κ2) is 7.92. The lowest BCUT2D eigenvalue weighted by Gasteiger charge is -2.17. The Balaban J connectivity index is 2.08. The largest absolute Gasteiger partial charge is 0.279 e. The molecule has 2 aromatic heterocycles. The van der Waals surface area contributed by atoms with Crippen molar-refractivity contribution in [3.05, 3.63) is 69.5 Å². The van der Waals surface area contributed by atoms with Crippen LogP contribution in [0.1, 0.15) is 30.0 Å². The Morgan fingerprint density at radius 3 is 2.73 bits per heavy atom. The number of nitrogens with zero attached hydrogens (tertiary/aromatic N) is 6. The van der Waals surface area contributed by atoms with E-state index in [-0.39, 0.29) is 10.6 Å². The number of benzene rings is 1. The van der Waals surface area contributed by atoms with Crippen molar-refractivity contribution in [2.45, 2.75) is 25.2 Å². The second-order valence-corrected chi connectivity index (χ2v) is 8.38. The highest BCUT2D eigenvalue weighted by atomic mass is 32.2. The van der Waals surface area contributed by atoms with E-state index in [0.717, 1.165) is 10.5 Å². The third-order valence-corrected chi connectivity index (χ3v) is 6.34. The van der Waals surface area contributed by atoms with Crippen molar-refractivity contribution >= 4 is 26.9 Å². The molecule has 3 aromatic rings. The quantitative estimate of drug-likeness (QED) is 0.338. The Kier molecular flexibility index (Phi) is 5.53. The Labute approximate surface area is 172 Å². The van der Waals surface area contributed by atoms with Gasteiger partial charge in [-0.3, -0.25) is 10.1 Å². The Morgan fingerprint density at radius 1 is 1.37 bits per heavy atom. The first kappa shape index (κ1) is 20.9. The van der Waals surface area contributed by atoms with Crippen LogP contribution in [0.5, 0.6) is 0 Å². The first-order valence-electron chi connectivity index (χ1n) is 8.88. The number of hydrogen-bond acceptors (Lipinski definition) is 7. The molecule has 3 rings (SSSR count). The van der Waals surface area contributed by atoms with Crippen LogP contribution in [-0.2, 0) is 10.0 Å². The van der Waals surface area contributed by atoms with E-state index < -0.39 is 14.9 Å². The molecule has 0 saturated carbocycles. The number of hydrazone groups is 1. The van der Waals surface area contributed by atoms with Crippen LogP contribution in [0.3, 0.4) is 0 Å². The molecule has 0 radical (unpaired) electrons. The lowest BCUT2D eigenvalue weighted by molar-refractivity contribution is -0.385. The van der Waals surface area contributed by atoms with E-state index >= 15 is 0 Å². The van der Waals surface area contributed by atoms with Gasteiger partial charge in [0.15, 0.2) is 0 Å². The van der Waals surface area contributed by atoms with E-state index in [1.54, 1.807) is 36.0 Å². The van der Waals surface area contributed by atoms with Gasteiger partial charge in [0.2, 0.25) is 0 Å². The van der Waals surface area contributed by atoms with Crippen molar-refractivity contribution < 1.29 is 13.3 Å². The molecule has 0 N–H and O–H groups in total. The summed E-state index contributed by atoms with van der Waals surface area (Å²) in [5.41, 5.74) is 2.14. The van der Waals surface area contributed by atoms with Gasteiger partial charge in [-0.15, -0.1) is 0 Å². The topological polar surface area (TPSA) is 134 Å². The number of nitro benzene ring substituents is 1. The number of hydrogen-bond donors (Lipinski definition) is 0. The smallest absolute Gasteiger partial charge is 0.258 e. The third kappa shape index (κ3) is 3.72. The maximum Gasteiger partial charge on any atom is 0.279 e. The number of rotatable bonds is 6. The average molecular weight is 426 g/mol. The van der Waals surface area contributed by atoms with Crippen molar-refractivity contribution in [3.8, 4) is 6.07 Å². The number of non-ortho nitro benzene ring substituents is 1. The van der Waals surface area contributed by atoms with Crippen LogP contribution >= 0.6 is 0 Å². The lowest BCUT2D eigenvalue weighted by Crippen LogP contribution is -2.24. The number of pyridine rings is 1. The van der Waals surface area contributed by atoms with E-state index in [2.05, 4.69) is 16.3 Å². The van der Waals surface area contributed by atoms with Gasteiger partial charge in [-0.05, 0) is 31.0 Å². The standard InChI is InChI=1S/C19H18N6O4S/c1-4-17(16-12-21-24-8-7-14(11-20)9-18(16)24)22-23(3)30(28,29)19-10-15(25(26)27)6-5-13(19)2/h5-10,12H,4H2,1-3H3/b22-17-. The summed E-state index contributed by atoms with van der Waals surface area (Å²) >= 11 is 0. The number of fused-ring (bicyclic) bond motifs is 1. The van der Waals surface area contributed by atoms with Crippen LogP contribution in [0, 0.1) is 28.4 Å². The van der Waals surface area contributed by atoms with Crippen LogP contribution in [0.4, 0.5) is 5.69 Å². The van der Waals surface area contributed by atoms with Gasteiger partial charge in [0.1, 0.15) is 0 Å². The van der Waals surface area contributed by atoms with Gasteiger partial charge in [0, 0.05) is 30.9 Å². The monoisotopic (exact) mass is 426 g/mol. The highest BCUT2D eigenvalue weighted by Gasteiger charge is 2.25. The number of sulfonamides is 1. The van der Waals surface area contributed by atoms with E-state index in [0.29, 0.717) is 34.3 Å². The molecule has 0 aliphatic rings. The fourth-order valence-electron chi connectivity index (χ4n) is 2.93. The van der Waals surface area contributed by atoms with Gasteiger partial charge in [0.25, 0.3) is 15.7 Å². The van der Waals surface area contributed by atoms with Crippen molar-refractivity contribution in [2.75, 3.05) is 7.05 Å². The number of nitro groups is 1. The zero-order chi connectivity index (χ0) is 22.1. The van der Waals surface area contributed by atoms with Crippen molar-refractivity contribution in [1.82, 2.24) is 14.0 Å². The minimum Gasteiger partial charge on any atom is -0.258 e. The maximum atomic E-state index is 13.0. The van der Waals surface area contributed by atoms with Crippen LogP contribution in [-0.4, -0.2) is 40.1 Å². The molecule has 11 heteroatoms. The number of nitriles is 1. The highest BCUT2D eigenvalue weighted by Crippen LogP contribution is 2.25. The first-order chi connectivity index (χ1) is 14.2. The SMILES string of the molecule is CC/C(=N/N(C)S(=O)(=O)c1cc([N+](=O)[O-])ccc1C)c1cnn2ccc(C#N)cc12. The molecule has 30 heavy (non-hydrogen) atoms. The van der Waals surface area contributed by atoms with E-state index in [1.807, 2.05) is 6.92 Å². The molecule has 2 heterocycles. The summed E-state index contributed by atoms with van der Waals surface area (Å²) in [6.45, 7) is 3.37. The van der Waals surface area contributed by atoms with Gasteiger partial charge < -0.3 is 0 Å². The lowest BCUT2D eigenvalue weighted by atomic mass is 10.1. The van der Waals surface area contributed by atoms with E-state index in [9.17, 15) is 18.5 Å². The summed E-state index contributed by atoms with van der Waals surface area (Å²) in [4.78, 5) is 10.2. The summed E-state index contributed by atoms with van der Waals surface area (Å²) in [5.74, 6) is 0. The maximum absolute atomic E-state index is 13.0. The van der Waals surface area contributed by atoms with Crippen molar-refractivity contribution in [1.29, 1.82) is 5.26 Å². The molecule has 0 amide bonds. The molecular formula is C19H18N6O4S. The van der Waals surface area contributed by atoms with Crippen LogP contribution in [0.25, 0.3) is 5.52 Å². The third-order valence-electron chi connectivity index (χ3n) is 4.57.